The number of piperazine rings is 1. The SMILES string of the molecule is CC(C)CCN1CC(C2CCCCC2)NCC1CC(C)C. The van der Waals surface area contributed by atoms with Gasteiger partial charge in [-0.25, -0.2) is 0 Å². The Morgan fingerprint density at radius 1 is 1.00 bits per heavy atom. The molecule has 21 heavy (non-hydrogen) atoms. The largest absolute Gasteiger partial charge is 0.311 e. The number of hydrogen-bond donors (Lipinski definition) is 1. The van der Waals surface area contributed by atoms with E-state index in [1.807, 2.05) is 0 Å². The van der Waals surface area contributed by atoms with Crippen LogP contribution in [0, 0.1) is 17.8 Å². The van der Waals surface area contributed by atoms with Gasteiger partial charge in [0.1, 0.15) is 0 Å². The minimum Gasteiger partial charge on any atom is -0.311 e. The molecule has 1 saturated heterocycles. The third kappa shape index (κ3) is 5.56. The Kier molecular flexibility index (Phi) is 7.01. The van der Waals surface area contributed by atoms with Crippen LogP contribution in [0.25, 0.3) is 0 Å². The number of rotatable bonds is 6. The molecule has 2 atom stereocenters. The van der Waals surface area contributed by atoms with E-state index in [0.29, 0.717) is 0 Å². The van der Waals surface area contributed by atoms with Crippen molar-refractivity contribution >= 4 is 0 Å². The molecular weight excluding hydrogens is 256 g/mol. The summed E-state index contributed by atoms with van der Waals surface area (Å²) in [5, 5.41) is 3.92. The molecule has 0 bridgehead atoms. The van der Waals surface area contributed by atoms with Gasteiger partial charge in [0.25, 0.3) is 0 Å². The molecule has 2 nitrogen and oxygen atoms in total. The van der Waals surface area contributed by atoms with Crippen molar-refractivity contribution < 1.29 is 0 Å². The molecule has 124 valence electrons. The van der Waals surface area contributed by atoms with E-state index in [1.165, 1.54) is 64.6 Å². The predicted octanol–water partition coefficient (Wildman–Crippen LogP) is 4.30. The molecule has 0 aromatic carbocycles. The summed E-state index contributed by atoms with van der Waals surface area (Å²) in [5.41, 5.74) is 0. The minimum absolute atomic E-state index is 0.765. The van der Waals surface area contributed by atoms with Gasteiger partial charge in [-0.3, -0.25) is 4.90 Å². The maximum atomic E-state index is 3.92. The Morgan fingerprint density at radius 2 is 1.71 bits per heavy atom. The van der Waals surface area contributed by atoms with Gasteiger partial charge >= 0.3 is 0 Å². The highest BCUT2D eigenvalue weighted by molar-refractivity contribution is 4.91. The van der Waals surface area contributed by atoms with Gasteiger partial charge in [0.15, 0.2) is 0 Å². The quantitative estimate of drug-likeness (QED) is 0.785. The first kappa shape index (κ1) is 17.3. The van der Waals surface area contributed by atoms with Crippen LogP contribution < -0.4 is 5.32 Å². The number of nitrogens with zero attached hydrogens (tertiary/aromatic N) is 1. The molecule has 1 N–H and O–H groups in total. The fraction of sp³-hybridized carbons (Fsp3) is 1.00. The van der Waals surface area contributed by atoms with Crippen molar-refractivity contribution in [2.24, 2.45) is 17.8 Å². The van der Waals surface area contributed by atoms with Crippen LogP contribution >= 0.6 is 0 Å². The monoisotopic (exact) mass is 294 g/mol. The number of hydrogen-bond acceptors (Lipinski definition) is 2. The molecule has 2 fully saturated rings. The van der Waals surface area contributed by atoms with E-state index < -0.39 is 0 Å². The molecule has 2 rings (SSSR count). The Labute approximate surface area is 133 Å². The van der Waals surface area contributed by atoms with Crippen molar-refractivity contribution in [1.29, 1.82) is 0 Å². The molecule has 2 aliphatic rings. The van der Waals surface area contributed by atoms with Crippen LogP contribution in [-0.4, -0.2) is 36.6 Å². The zero-order chi connectivity index (χ0) is 15.2. The lowest BCUT2D eigenvalue weighted by Crippen LogP contribution is -2.59. The van der Waals surface area contributed by atoms with Gasteiger partial charge in [-0.1, -0.05) is 47.0 Å². The Balaban J connectivity index is 1.90. The van der Waals surface area contributed by atoms with Crippen molar-refractivity contribution in [2.45, 2.75) is 84.7 Å². The molecule has 2 unspecified atom stereocenters. The highest BCUT2D eigenvalue weighted by Gasteiger charge is 2.32. The second-order valence-corrected chi connectivity index (χ2v) is 8.37. The molecule has 1 saturated carbocycles. The summed E-state index contributed by atoms with van der Waals surface area (Å²) in [5.74, 6) is 2.58. The van der Waals surface area contributed by atoms with Gasteiger partial charge in [0, 0.05) is 25.2 Å². The third-order valence-electron chi connectivity index (χ3n) is 5.52. The van der Waals surface area contributed by atoms with Crippen LogP contribution in [0.4, 0.5) is 0 Å². The molecule has 1 aliphatic heterocycles. The van der Waals surface area contributed by atoms with Crippen LogP contribution in [-0.2, 0) is 0 Å². The first-order valence-corrected chi connectivity index (χ1v) is 9.53. The van der Waals surface area contributed by atoms with E-state index in [-0.39, 0.29) is 0 Å². The predicted molar refractivity (Wildman–Crippen MR) is 92.6 cm³/mol. The lowest BCUT2D eigenvalue weighted by Gasteiger charge is -2.44. The van der Waals surface area contributed by atoms with Crippen molar-refractivity contribution in [1.82, 2.24) is 10.2 Å². The van der Waals surface area contributed by atoms with Gasteiger partial charge in [-0.05, 0) is 50.0 Å². The number of nitrogens with one attached hydrogen (secondary N) is 1. The zero-order valence-electron chi connectivity index (χ0n) is 14.9. The van der Waals surface area contributed by atoms with Gasteiger partial charge < -0.3 is 5.32 Å². The summed E-state index contributed by atoms with van der Waals surface area (Å²) < 4.78 is 0. The summed E-state index contributed by atoms with van der Waals surface area (Å²) in [6.45, 7) is 13.3. The molecular formula is C19H38N2. The Bertz CT molecular complexity index is 281. The smallest absolute Gasteiger partial charge is 0.0224 e. The fourth-order valence-corrected chi connectivity index (χ4v) is 4.21. The first-order valence-electron chi connectivity index (χ1n) is 9.53. The van der Waals surface area contributed by atoms with Crippen LogP contribution in [0.3, 0.4) is 0 Å². The molecule has 2 heteroatoms. The average molecular weight is 295 g/mol. The summed E-state index contributed by atoms with van der Waals surface area (Å²) in [6.07, 6.45) is 10.0. The van der Waals surface area contributed by atoms with Crippen LogP contribution in [0.1, 0.15) is 72.6 Å². The second kappa shape index (κ2) is 8.53. The van der Waals surface area contributed by atoms with Crippen LogP contribution in [0.15, 0.2) is 0 Å². The normalized spacial score (nSPS) is 29.4. The molecule has 0 spiro atoms. The maximum Gasteiger partial charge on any atom is 0.0224 e. The minimum atomic E-state index is 0.765. The molecule has 0 aromatic rings. The third-order valence-corrected chi connectivity index (χ3v) is 5.52. The maximum absolute atomic E-state index is 3.92. The Hall–Kier alpha value is -0.0800. The topological polar surface area (TPSA) is 15.3 Å². The van der Waals surface area contributed by atoms with Crippen molar-refractivity contribution in [3.05, 3.63) is 0 Å². The molecule has 1 aliphatic carbocycles. The molecule has 1 heterocycles. The van der Waals surface area contributed by atoms with E-state index in [9.17, 15) is 0 Å². The first-order chi connectivity index (χ1) is 10.1. The van der Waals surface area contributed by atoms with E-state index in [0.717, 1.165) is 29.8 Å². The summed E-state index contributed by atoms with van der Waals surface area (Å²) in [6, 6.07) is 1.53. The highest BCUT2D eigenvalue weighted by Crippen LogP contribution is 2.29. The van der Waals surface area contributed by atoms with E-state index in [2.05, 4.69) is 37.9 Å². The van der Waals surface area contributed by atoms with E-state index >= 15 is 0 Å². The summed E-state index contributed by atoms with van der Waals surface area (Å²) in [4.78, 5) is 2.83. The Morgan fingerprint density at radius 3 is 2.33 bits per heavy atom. The van der Waals surface area contributed by atoms with Gasteiger partial charge in [-0.2, -0.15) is 0 Å². The molecule has 0 radical (unpaired) electrons. The standard InChI is InChI=1S/C19H38N2/c1-15(2)10-11-21-14-19(17-8-6-5-7-9-17)20-13-18(21)12-16(3)4/h15-20H,5-14H2,1-4H3. The highest BCUT2D eigenvalue weighted by atomic mass is 15.2. The fourth-order valence-electron chi connectivity index (χ4n) is 4.21. The van der Waals surface area contributed by atoms with Gasteiger partial charge in [-0.15, -0.1) is 0 Å². The lowest BCUT2D eigenvalue weighted by atomic mass is 9.82. The zero-order valence-corrected chi connectivity index (χ0v) is 14.9. The van der Waals surface area contributed by atoms with Crippen molar-refractivity contribution in [2.75, 3.05) is 19.6 Å². The van der Waals surface area contributed by atoms with Crippen molar-refractivity contribution in [3.8, 4) is 0 Å². The second-order valence-electron chi connectivity index (χ2n) is 8.37. The molecule has 0 amide bonds. The van der Waals surface area contributed by atoms with E-state index in [4.69, 9.17) is 0 Å². The summed E-state index contributed by atoms with van der Waals surface area (Å²) in [7, 11) is 0. The average Bonchev–Trinajstić information content (AvgIpc) is 2.46. The molecule has 0 aromatic heterocycles. The van der Waals surface area contributed by atoms with Crippen LogP contribution in [0.5, 0.6) is 0 Å². The van der Waals surface area contributed by atoms with Gasteiger partial charge in [0.2, 0.25) is 0 Å². The van der Waals surface area contributed by atoms with Crippen LogP contribution in [0.2, 0.25) is 0 Å². The van der Waals surface area contributed by atoms with Gasteiger partial charge in [0.05, 0.1) is 0 Å². The lowest BCUT2D eigenvalue weighted by molar-refractivity contribution is 0.0805. The van der Waals surface area contributed by atoms with Crippen molar-refractivity contribution in [3.63, 3.8) is 0 Å². The summed E-state index contributed by atoms with van der Waals surface area (Å²) >= 11 is 0. The van der Waals surface area contributed by atoms with E-state index in [1.54, 1.807) is 0 Å².